The van der Waals surface area contributed by atoms with E-state index in [1.165, 1.54) is 11.3 Å². The summed E-state index contributed by atoms with van der Waals surface area (Å²) in [7, 11) is 0. The van der Waals surface area contributed by atoms with Crippen molar-refractivity contribution in [2.45, 2.75) is 13.3 Å². The highest BCUT2D eigenvalue weighted by molar-refractivity contribution is 7.10. The lowest BCUT2D eigenvalue weighted by molar-refractivity contribution is -0.123. The lowest BCUT2D eigenvalue weighted by Crippen LogP contribution is -2.33. The van der Waals surface area contributed by atoms with E-state index in [1.54, 1.807) is 18.2 Å². The molecule has 0 aliphatic rings. The molecule has 2 rings (SSSR count). The monoisotopic (exact) mass is 322 g/mol. The summed E-state index contributed by atoms with van der Waals surface area (Å²) in [6.45, 7) is 1.77. The lowest BCUT2D eigenvalue weighted by Gasteiger charge is -2.10. The third-order valence-electron chi connectivity index (χ3n) is 2.90. The molecular formula is C15H15ClN2O2S. The topological polar surface area (TPSA) is 58.2 Å². The minimum Gasteiger partial charge on any atom is -0.347 e. The molecule has 0 radical (unpaired) electrons. The van der Waals surface area contributed by atoms with Gasteiger partial charge in [0.05, 0.1) is 13.0 Å². The summed E-state index contributed by atoms with van der Waals surface area (Å²) < 4.78 is 0. The van der Waals surface area contributed by atoms with Gasteiger partial charge < -0.3 is 10.6 Å². The molecule has 110 valence electrons. The Morgan fingerprint density at radius 3 is 2.71 bits per heavy atom. The zero-order valence-electron chi connectivity index (χ0n) is 11.5. The third kappa shape index (κ3) is 4.58. The van der Waals surface area contributed by atoms with E-state index in [0.29, 0.717) is 17.1 Å². The second-order valence-corrected chi connectivity index (χ2v) is 5.93. The number of anilines is 1. The summed E-state index contributed by atoms with van der Waals surface area (Å²) in [5.41, 5.74) is 1.46. The number of hydrogen-bond acceptors (Lipinski definition) is 3. The van der Waals surface area contributed by atoms with Crippen LogP contribution in [0.5, 0.6) is 0 Å². The fraction of sp³-hybridized carbons (Fsp3) is 0.200. The summed E-state index contributed by atoms with van der Waals surface area (Å²) >= 11 is 7.50. The molecule has 2 aromatic rings. The highest BCUT2D eigenvalue weighted by Crippen LogP contribution is 2.22. The number of rotatable bonds is 5. The normalized spacial score (nSPS) is 10.2. The number of carbonyl (C=O) groups is 2. The summed E-state index contributed by atoms with van der Waals surface area (Å²) in [5.74, 6) is -0.449. The van der Waals surface area contributed by atoms with E-state index in [1.807, 2.05) is 24.4 Å². The van der Waals surface area contributed by atoms with Gasteiger partial charge in [0.1, 0.15) is 0 Å². The molecule has 0 aliphatic carbocycles. The Hall–Kier alpha value is -1.85. The van der Waals surface area contributed by atoms with Crippen LogP contribution < -0.4 is 10.6 Å². The van der Waals surface area contributed by atoms with Crippen LogP contribution in [-0.2, 0) is 16.0 Å². The average Bonchev–Trinajstić information content (AvgIpc) is 2.94. The second-order valence-electron chi connectivity index (χ2n) is 4.49. The fourth-order valence-electron chi connectivity index (χ4n) is 1.75. The maximum absolute atomic E-state index is 11.8. The Bertz CT molecular complexity index is 641. The zero-order chi connectivity index (χ0) is 15.2. The van der Waals surface area contributed by atoms with Crippen LogP contribution in [0.4, 0.5) is 5.69 Å². The van der Waals surface area contributed by atoms with Gasteiger partial charge in [-0.05, 0) is 36.1 Å². The largest absolute Gasteiger partial charge is 0.347 e. The van der Waals surface area contributed by atoms with Crippen LogP contribution in [0.2, 0.25) is 5.02 Å². The highest BCUT2D eigenvalue weighted by atomic mass is 35.5. The molecule has 0 fully saturated rings. The van der Waals surface area contributed by atoms with Gasteiger partial charge in [-0.3, -0.25) is 9.59 Å². The molecule has 21 heavy (non-hydrogen) atoms. The molecular weight excluding hydrogens is 308 g/mol. The number of amides is 2. The highest BCUT2D eigenvalue weighted by Gasteiger charge is 2.09. The molecule has 0 atom stereocenters. The number of thiophene rings is 1. The van der Waals surface area contributed by atoms with Crippen LogP contribution in [0.3, 0.4) is 0 Å². The first-order valence-electron chi connectivity index (χ1n) is 6.40. The van der Waals surface area contributed by atoms with E-state index >= 15 is 0 Å². The molecule has 0 saturated carbocycles. The van der Waals surface area contributed by atoms with E-state index in [4.69, 9.17) is 11.6 Å². The minimum atomic E-state index is -0.278. The summed E-state index contributed by atoms with van der Waals surface area (Å²) in [5, 5.41) is 7.83. The van der Waals surface area contributed by atoms with Gasteiger partial charge in [0.25, 0.3) is 0 Å². The van der Waals surface area contributed by atoms with E-state index in [0.717, 1.165) is 10.4 Å². The molecule has 1 aromatic carbocycles. The molecule has 1 aromatic heterocycles. The van der Waals surface area contributed by atoms with Crippen molar-refractivity contribution in [2.24, 2.45) is 0 Å². The van der Waals surface area contributed by atoms with Crippen molar-refractivity contribution in [3.63, 3.8) is 0 Å². The van der Waals surface area contributed by atoms with Gasteiger partial charge >= 0.3 is 0 Å². The molecule has 0 bridgehead atoms. The van der Waals surface area contributed by atoms with Gasteiger partial charge in [0.2, 0.25) is 11.8 Å². The fourth-order valence-corrected chi connectivity index (χ4v) is 2.63. The number of hydrogen-bond donors (Lipinski definition) is 2. The third-order valence-corrected chi connectivity index (χ3v) is 4.19. The van der Waals surface area contributed by atoms with Crippen LogP contribution in [0.1, 0.15) is 10.4 Å². The van der Waals surface area contributed by atoms with Crippen molar-refractivity contribution in [2.75, 3.05) is 11.9 Å². The standard InChI is InChI=1S/C15H15ClN2O2S/c1-10-12(16)5-2-6-13(10)18-15(20)9-17-14(19)8-11-4-3-7-21-11/h2-7H,8-9H2,1H3,(H,17,19)(H,18,20). The van der Waals surface area contributed by atoms with E-state index in [9.17, 15) is 9.59 Å². The molecule has 0 aliphatic heterocycles. The van der Waals surface area contributed by atoms with Crippen LogP contribution in [-0.4, -0.2) is 18.4 Å². The minimum absolute atomic E-state index is 0.0594. The average molecular weight is 323 g/mol. The first kappa shape index (κ1) is 15.5. The number of carbonyl (C=O) groups excluding carboxylic acids is 2. The number of halogens is 1. The molecule has 6 heteroatoms. The molecule has 0 saturated heterocycles. The molecule has 4 nitrogen and oxygen atoms in total. The summed E-state index contributed by atoms with van der Waals surface area (Å²) in [6, 6.07) is 9.07. The number of benzene rings is 1. The quantitative estimate of drug-likeness (QED) is 0.889. The molecule has 2 amide bonds. The van der Waals surface area contributed by atoms with Crippen LogP contribution in [0.15, 0.2) is 35.7 Å². The van der Waals surface area contributed by atoms with Crippen molar-refractivity contribution in [3.05, 3.63) is 51.2 Å². The van der Waals surface area contributed by atoms with Gasteiger partial charge in [-0.15, -0.1) is 11.3 Å². The van der Waals surface area contributed by atoms with E-state index in [-0.39, 0.29) is 18.4 Å². The predicted molar refractivity (Wildman–Crippen MR) is 85.9 cm³/mol. The SMILES string of the molecule is Cc1c(Cl)cccc1NC(=O)CNC(=O)Cc1cccs1. The molecule has 1 heterocycles. The Labute approximate surface area is 132 Å². The van der Waals surface area contributed by atoms with Gasteiger partial charge in [0, 0.05) is 15.6 Å². The molecule has 0 unspecified atom stereocenters. The Balaban J connectivity index is 1.82. The summed E-state index contributed by atoms with van der Waals surface area (Å²) in [6.07, 6.45) is 0.293. The van der Waals surface area contributed by atoms with Crippen molar-refractivity contribution >= 4 is 40.4 Å². The Morgan fingerprint density at radius 2 is 2.00 bits per heavy atom. The van der Waals surface area contributed by atoms with E-state index in [2.05, 4.69) is 10.6 Å². The predicted octanol–water partition coefficient (Wildman–Crippen LogP) is 3.01. The molecule has 0 spiro atoms. The first-order valence-corrected chi connectivity index (χ1v) is 7.66. The lowest BCUT2D eigenvalue weighted by atomic mass is 10.2. The van der Waals surface area contributed by atoms with Crippen molar-refractivity contribution in [1.82, 2.24) is 5.32 Å². The second kappa shape index (κ2) is 7.24. The van der Waals surface area contributed by atoms with Gasteiger partial charge in [-0.2, -0.15) is 0 Å². The van der Waals surface area contributed by atoms with E-state index < -0.39 is 0 Å². The first-order chi connectivity index (χ1) is 10.1. The number of nitrogens with one attached hydrogen (secondary N) is 2. The maximum Gasteiger partial charge on any atom is 0.243 e. The zero-order valence-corrected chi connectivity index (χ0v) is 13.1. The van der Waals surface area contributed by atoms with Crippen molar-refractivity contribution < 1.29 is 9.59 Å². The Kier molecular flexibility index (Phi) is 5.36. The maximum atomic E-state index is 11.8. The Morgan fingerprint density at radius 1 is 1.19 bits per heavy atom. The van der Waals surface area contributed by atoms with Gasteiger partial charge in [-0.25, -0.2) is 0 Å². The van der Waals surface area contributed by atoms with Crippen LogP contribution in [0.25, 0.3) is 0 Å². The smallest absolute Gasteiger partial charge is 0.243 e. The van der Waals surface area contributed by atoms with Crippen LogP contribution in [0, 0.1) is 6.92 Å². The van der Waals surface area contributed by atoms with Gasteiger partial charge in [0.15, 0.2) is 0 Å². The summed E-state index contributed by atoms with van der Waals surface area (Å²) in [4.78, 5) is 24.5. The van der Waals surface area contributed by atoms with Crippen LogP contribution >= 0.6 is 22.9 Å². The van der Waals surface area contributed by atoms with Crippen molar-refractivity contribution in [1.29, 1.82) is 0 Å². The van der Waals surface area contributed by atoms with Gasteiger partial charge in [-0.1, -0.05) is 23.7 Å². The molecule has 2 N–H and O–H groups in total. The van der Waals surface area contributed by atoms with Crippen molar-refractivity contribution in [3.8, 4) is 0 Å².